The molecule has 6 rings (SSSR count). The Hall–Kier alpha value is -4.23. The number of rotatable bonds is 9. The van der Waals surface area contributed by atoms with Crippen molar-refractivity contribution in [3.63, 3.8) is 0 Å². The van der Waals surface area contributed by atoms with Gasteiger partial charge in [0.1, 0.15) is 5.75 Å². The minimum absolute atomic E-state index is 0.0139. The van der Waals surface area contributed by atoms with Gasteiger partial charge in [-0.25, -0.2) is 8.42 Å². The second kappa shape index (κ2) is 13.2. The molecule has 2 N–H and O–H groups in total. The van der Waals surface area contributed by atoms with Crippen molar-refractivity contribution in [2.75, 3.05) is 44.0 Å². The number of ether oxygens (including phenoxy) is 2. The quantitative estimate of drug-likeness (QED) is 0.248. The number of aryl methyl sites for hydroxylation is 1. The highest BCUT2D eigenvalue weighted by atomic mass is 32.2. The average molecular weight is 648 g/mol. The third-order valence-electron chi connectivity index (χ3n) is 8.91. The zero-order valence-electron chi connectivity index (χ0n) is 26.7. The average Bonchev–Trinajstić information content (AvgIpc) is 3.54. The molecule has 0 aliphatic carbocycles. The normalized spacial score (nSPS) is 17.8. The van der Waals surface area contributed by atoms with Gasteiger partial charge in [0.25, 0.3) is 0 Å². The molecule has 244 valence electrons. The molecule has 0 spiro atoms. The molecular weight excluding hydrogens is 606 g/mol. The number of amides is 1. The number of para-hydroxylation sites is 1. The monoisotopic (exact) mass is 647 g/mol. The summed E-state index contributed by atoms with van der Waals surface area (Å²) in [5.41, 5.74) is 3.93. The van der Waals surface area contributed by atoms with E-state index in [0.29, 0.717) is 47.2 Å². The van der Waals surface area contributed by atoms with Gasteiger partial charge in [-0.15, -0.1) is 0 Å². The van der Waals surface area contributed by atoms with Crippen molar-refractivity contribution in [1.82, 2.24) is 24.5 Å². The van der Waals surface area contributed by atoms with Crippen LogP contribution in [0.1, 0.15) is 56.6 Å². The zero-order valence-corrected chi connectivity index (χ0v) is 27.5. The van der Waals surface area contributed by atoms with Crippen LogP contribution in [-0.2, 0) is 19.4 Å². The van der Waals surface area contributed by atoms with Crippen LogP contribution in [0.15, 0.2) is 53.6 Å². The molecule has 2 saturated heterocycles. The summed E-state index contributed by atoms with van der Waals surface area (Å²) in [6.45, 7) is 8.14. The van der Waals surface area contributed by atoms with E-state index in [9.17, 15) is 13.2 Å². The first-order chi connectivity index (χ1) is 22.2. The molecule has 4 aromatic rings. The van der Waals surface area contributed by atoms with Crippen molar-refractivity contribution < 1.29 is 22.7 Å². The molecule has 2 fully saturated rings. The van der Waals surface area contributed by atoms with Crippen molar-refractivity contribution in [2.45, 2.75) is 62.5 Å². The molecule has 2 aliphatic heterocycles. The van der Waals surface area contributed by atoms with Crippen molar-refractivity contribution in [2.24, 2.45) is 5.92 Å². The third kappa shape index (κ3) is 6.38. The third-order valence-corrected chi connectivity index (χ3v) is 11.1. The van der Waals surface area contributed by atoms with Crippen LogP contribution in [-0.4, -0.2) is 77.5 Å². The Morgan fingerprint density at radius 1 is 1.04 bits per heavy atom. The first kappa shape index (κ1) is 31.7. The molecule has 0 bridgehead atoms. The lowest BCUT2D eigenvalue weighted by molar-refractivity contribution is -0.140. The van der Waals surface area contributed by atoms with E-state index in [2.05, 4.69) is 38.7 Å². The number of anilines is 4. The Bertz CT molecular complexity index is 1830. The molecule has 0 radical (unpaired) electrons. The maximum Gasteiger partial charge on any atom is 0.233 e. The molecule has 1 atom stereocenters. The number of sulfone groups is 1. The first-order valence-electron chi connectivity index (χ1n) is 15.8. The fraction of sp³-hybridized carbons (Fsp3) is 0.455. The fourth-order valence-electron chi connectivity index (χ4n) is 6.29. The van der Waals surface area contributed by atoms with Crippen molar-refractivity contribution in [3.8, 4) is 5.75 Å². The lowest BCUT2D eigenvalue weighted by Crippen LogP contribution is -2.43. The number of carbonyl (C=O) groups excluding carboxylic acids is 1. The van der Waals surface area contributed by atoms with Crippen molar-refractivity contribution >= 4 is 44.7 Å². The van der Waals surface area contributed by atoms with Gasteiger partial charge in [-0.1, -0.05) is 12.1 Å². The van der Waals surface area contributed by atoms with Gasteiger partial charge < -0.3 is 25.0 Å². The SMILES string of the molecule is COc1cc(C2CCN(C(=O)[C@@H]3CCCOC3)CC2)c(C)cc1Nc1nc(Nc2ccccc2S(=O)(=O)C(C)C)n2nccc2n1. The number of nitrogens with one attached hydrogen (secondary N) is 2. The number of aromatic nitrogens is 4. The summed E-state index contributed by atoms with van der Waals surface area (Å²) in [5, 5.41) is 10.2. The summed E-state index contributed by atoms with van der Waals surface area (Å²) in [4.78, 5) is 24.5. The second-order valence-electron chi connectivity index (χ2n) is 12.2. The van der Waals surface area contributed by atoms with E-state index in [1.807, 2.05) is 11.0 Å². The van der Waals surface area contributed by atoms with E-state index in [-0.39, 0.29) is 16.7 Å². The Balaban J connectivity index is 1.23. The molecule has 12 nitrogen and oxygen atoms in total. The summed E-state index contributed by atoms with van der Waals surface area (Å²) < 4.78 is 39.0. The summed E-state index contributed by atoms with van der Waals surface area (Å²) in [5.74, 6) is 1.77. The van der Waals surface area contributed by atoms with Gasteiger partial charge in [-0.05, 0) is 87.8 Å². The number of methoxy groups -OCH3 is 1. The van der Waals surface area contributed by atoms with Crippen LogP contribution in [0.3, 0.4) is 0 Å². The lowest BCUT2D eigenvalue weighted by atomic mass is 9.86. The highest BCUT2D eigenvalue weighted by Gasteiger charge is 2.31. The van der Waals surface area contributed by atoms with Crippen LogP contribution >= 0.6 is 0 Å². The van der Waals surface area contributed by atoms with Crippen LogP contribution in [0.4, 0.5) is 23.3 Å². The Labute approximate surface area is 269 Å². The highest BCUT2D eigenvalue weighted by Crippen LogP contribution is 2.38. The number of benzene rings is 2. The number of carbonyl (C=O) groups is 1. The Kier molecular flexibility index (Phi) is 9.14. The minimum Gasteiger partial charge on any atom is -0.495 e. The highest BCUT2D eigenvalue weighted by molar-refractivity contribution is 7.92. The van der Waals surface area contributed by atoms with Crippen LogP contribution in [0.25, 0.3) is 5.65 Å². The molecule has 0 unspecified atom stereocenters. The van der Waals surface area contributed by atoms with Crippen LogP contribution < -0.4 is 15.4 Å². The number of likely N-dealkylation sites (tertiary alicyclic amines) is 1. The summed E-state index contributed by atoms with van der Waals surface area (Å²) >= 11 is 0. The molecule has 0 saturated carbocycles. The number of hydrogen-bond acceptors (Lipinski definition) is 10. The zero-order chi connectivity index (χ0) is 32.4. The fourth-order valence-corrected chi connectivity index (χ4v) is 7.49. The van der Waals surface area contributed by atoms with E-state index in [0.717, 1.165) is 50.9 Å². The smallest absolute Gasteiger partial charge is 0.233 e. The van der Waals surface area contributed by atoms with E-state index < -0.39 is 15.1 Å². The van der Waals surface area contributed by atoms with Crippen molar-refractivity contribution in [1.29, 1.82) is 0 Å². The van der Waals surface area contributed by atoms with Gasteiger partial charge >= 0.3 is 0 Å². The summed E-state index contributed by atoms with van der Waals surface area (Å²) in [6.07, 6.45) is 5.24. The first-order valence-corrected chi connectivity index (χ1v) is 17.3. The van der Waals surface area contributed by atoms with Crippen LogP contribution in [0.2, 0.25) is 0 Å². The van der Waals surface area contributed by atoms with Gasteiger partial charge in [0.15, 0.2) is 15.5 Å². The molecule has 2 aliphatic rings. The van der Waals surface area contributed by atoms with E-state index in [1.165, 1.54) is 10.1 Å². The number of hydrogen-bond donors (Lipinski definition) is 2. The topological polar surface area (TPSA) is 140 Å². The summed E-state index contributed by atoms with van der Waals surface area (Å²) in [7, 11) is -1.93. The maximum atomic E-state index is 13.1. The predicted octanol–water partition coefficient (Wildman–Crippen LogP) is 5.24. The van der Waals surface area contributed by atoms with Gasteiger partial charge in [0, 0.05) is 25.8 Å². The molecule has 46 heavy (non-hydrogen) atoms. The minimum atomic E-state index is -3.56. The molecule has 1 amide bonds. The van der Waals surface area contributed by atoms with Gasteiger partial charge in [-0.3, -0.25) is 4.79 Å². The number of piperidine rings is 1. The van der Waals surface area contributed by atoms with E-state index in [1.54, 1.807) is 57.5 Å². The standard InChI is InChI=1S/C33H41N7O5S/c1-21(2)46(42,43)29-10-6-5-9-26(29)36-33-38-32(37-30-11-14-34-40(30)33)35-27-18-22(3)25(19-28(27)44-4)23-12-15-39(16-13-23)31(41)24-8-7-17-45-20-24/h5-6,9-11,14,18-19,21,23-24H,7-8,12-13,15-17,20H2,1-4H3,(H2,35,36,37,38)/t24-/m1/s1. The predicted molar refractivity (Wildman–Crippen MR) is 176 cm³/mol. The van der Waals surface area contributed by atoms with Gasteiger partial charge in [0.05, 0.1) is 47.4 Å². The number of nitrogens with zero attached hydrogens (tertiary/aromatic N) is 5. The maximum absolute atomic E-state index is 13.1. The Morgan fingerprint density at radius 3 is 2.54 bits per heavy atom. The molecule has 2 aromatic heterocycles. The van der Waals surface area contributed by atoms with Gasteiger partial charge in [-0.2, -0.15) is 19.6 Å². The number of fused-ring (bicyclic) bond motifs is 1. The molecule has 13 heteroatoms. The van der Waals surface area contributed by atoms with Gasteiger partial charge in [0.2, 0.25) is 17.8 Å². The van der Waals surface area contributed by atoms with Crippen LogP contribution in [0.5, 0.6) is 5.75 Å². The molecular formula is C33H41N7O5S. The van der Waals surface area contributed by atoms with Crippen LogP contribution in [0, 0.1) is 12.8 Å². The van der Waals surface area contributed by atoms with Crippen molar-refractivity contribution in [3.05, 3.63) is 59.8 Å². The molecule has 2 aromatic carbocycles. The second-order valence-corrected chi connectivity index (χ2v) is 14.7. The molecule has 4 heterocycles. The van der Waals surface area contributed by atoms with E-state index >= 15 is 0 Å². The largest absolute Gasteiger partial charge is 0.495 e. The lowest BCUT2D eigenvalue weighted by Gasteiger charge is -2.36. The van der Waals surface area contributed by atoms with E-state index in [4.69, 9.17) is 9.47 Å². The Morgan fingerprint density at radius 2 is 1.83 bits per heavy atom. The summed E-state index contributed by atoms with van der Waals surface area (Å²) in [6, 6.07) is 12.6.